The zero-order chi connectivity index (χ0) is 31.5. The normalized spacial score (nSPS) is 11.3. The van der Waals surface area contributed by atoms with E-state index in [1.807, 2.05) is 66.7 Å². The Morgan fingerprint density at radius 3 is 2.04 bits per heavy atom. The maximum Gasteiger partial charge on any atom is 0.220 e. The van der Waals surface area contributed by atoms with E-state index in [0.29, 0.717) is 45.6 Å². The molecule has 8 N–H and O–H groups in total. The Balaban J connectivity index is 0.00000351. The molecule has 0 spiro atoms. The lowest BCUT2D eigenvalue weighted by molar-refractivity contribution is -0.655. The molecular formula is C35H30N11O+. The van der Waals surface area contributed by atoms with Crippen LogP contribution in [0.1, 0.15) is 18.1 Å². The van der Waals surface area contributed by atoms with Crippen molar-refractivity contribution in [2.45, 2.75) is 13.5 Å². The Labute approximate surface area is 267 Å². The summed E-state index contributed by atoms with van der Waals surface area (Å²) >= 11 is 0. The van der Waals surface area contributed by atoms with E-state index in [2.05, 4.69) is 41.0 Å². The number of hydrogen-bond donors (Lipinski definition) is 4. The fourth-order valence-corrected chi connectivity index (χ4v) is 6.34. The lowest BCUT2D eigenvalue weighted by atomic mass is 9.97. The van der Waals surface area contributed by atoms with Gasteiger partial charge in [-0.2, -0.15) is 4.57 Å². The fourth-order valence-electron chi connectivity index (χ4n) is 6.34. The van der Waals surface area contributed by atoms with Crippen LogP contribution in [0, 0.1) is 10.8 Å². The van der Waals surface area contributed by atoms with Gasteiger partial charge in [-0.3, -0.25) is 10.8 Å². The number of nitrogens with one attached hydrogen (secondary N) is 2. The van der Waals surface area contributed by atoms with Crippen molar-refractivity contribution in [1.29, 1.82) is 10.8 Å². The van der Waals surface area contributed by atoms with Crippen molar-refractivity contribution in [2.75, 3.05) is 0 Å². The number of nitrogens with two attached hydrogens (primary N) is 2. The largest absolute Gasteiger partial charge is 0.412 e. The van der Waals surface area contributed by atoms with Crippen LogP contribution >= 0.6 is 0 Å². The molecule has 0 unspecified atom stereocenters. The predicted molar refractivity (Wildman–Crippen MR) is 183 cm³/mol. The highest BCUT2D eigenvalue weighted by molar-refractivity contribution is 6.21. The molecule has 6 bridgehead atoms. The molecule has 5 aromatic carbocycles. The molecule has 6 aromatic heterocycles. The average Bonchev–Trinajstić information content (AvgIpc) is 3.51. The molecular weight excluding hydrogens is 590 g/mol. The monoisotopic (exact) mass is 620 g/mol. The van der Waals surface area contributed by atoms with Crippen LogP contribution in [0.15, 0.2) is 103 Å². The first-order valence-corrected chi connectivity index (χ1v) is 14.8. The standard InChI is InChI=1S/C35H28N11.H2O/c1-2-44-29-19-28-33-31(41-43-46(33)24-13-7-11-22(17-24)35(38)39)30(29)26-15-14-25(18-27(26)32(44)20-8-4-3-5-9-20)45(42-40-28)23-12-6-10-21(16-23)34(36)37;/h3-19H,2H2,1H3,(H3,36,37)(H3,38,39);1H2/q+1;. The van der Waals surface area contributed by atoms with Crippen LogP contribution in [0.25, 0.3) is 66.4 Å². The van der Waals surface area contributed by atoms with Crippen molar-refractivity contribution < 1.29 is 10.0 Å². The van der Waals surface area contributed by atoms with Crippen molar-refractivity contribution >= 4 is 55.4 Å². The molecule has 0 saturated heterocycles. The summed E-state index contributed by atoms with van der Waals surface area (Å²) in [4.78, 5) is 0. The van der Waals surface area contributed by atoms with Crippen LogP contribution in [-0.2, 0) is 6.54 Å². The number of nitrogens with zero attached hydrogens (tertiary/aromatic N) is 7. The SMILES string of the molecule is CC[n+]1c(-c2ccccc2)c2cc3ccc2c2c4nnn(-c5cccc(C(=N)N)c5)c4c(cc21)nnn3-c1cccc(C(=N)N)c1.O. The highest BCUT2D eigenvalue weighted by atomic mass is 16.0. The number of benzene rings is 5. The molecule has 0 fully saturated rings. The van der Waals surface area contributed by atoms with Gasteiger partial charge in [0.2, 0.25) is 11.2 Å². The fraction of sp³-hybridized carbons (Fsp3) is 0.0571. The zero-order valence-electron chi connectivity index (χ0n) is 25.3. The molecule has 6 heterocycles. The first-order valence-electron chi connectivity index (χ1n) is 14.8. The third-order valence-corrected chi connectivity index (χ3v) is 8.42. The zero-order valence-corrected chi connectivity index (χ0v) is 25.3. The van der Waals surface area contributed by atoms with Gasteiger partial charge in [-0.15, -0.1) is 10.2 Å². The third kappa shape index (κ3) is 4.54. The van der Waals surface area contributed by atoms with E-state index >= 15 is 0 Å². The highest BCUT2D eigenvalue weighted by Crippen LogP contribution is 2.37. The number of aryl methyl sites for hydroxylation is 1. The Morgan fingerprint density at radius 2 is 1.38 bits per heavy atom. The Hall–Kier alpha value is -6.53. The van der Waals surface area contributed by atoms with Gasteiger partial charge >= 0.3 is 0 Å². The van der Waals surface area contributed by atoms with E-state index in [-0.39, 0.29) is 17.1 Å². The second-order valence-electron chi connectivity index (χ2n) is 11.1. The summed E-state index contributed by atoms with van der Waals surface area (Å²) in [6.07, 6.45) is 0. The van der Waals surface area contributed by atoms with Crippen LogP contribution in [0.4, 0.5) is 0 Å². The molecule has 12 heteroatoms. The molecule has 47 heavy (non-hydrogen) atoms. The second kappa shape index (κ2) is 11.1. The van der Waals surface area contributed by atoms with Gasteiger partial charge in [0.25, 0.3) is 0 Å². The van der Waals surface area contributed by atoms with Crippen LogP contribution < -0.4 is 16.0 Å². The molecule has 0 radical (unpaired) electrons. The molecule has 12 nitrogen and oxygen atoms in total. The highest BCUT2D eigenvalue weighted by Gasteiger charge is 2.27. The van der Waals surface area contributed by atoms with Gasteiger partial charge in [-0.05, 0) is 55.5 Å². The molecule has 0 aliphatic carbocycles. The van der Waals surface area contributed by atoms with E-state index < -0.39 is 0 Å². The minimum absolute atomic E-state index is 0. The van der Waals surface area contributed by atoms with Gasteiger partial charge in [-0.25, -0.2) is 9.36 Å². The lowest BCUT2D eigenvalue weighted by Crippen LogP contribution is -2.36. The molecule has 230 valence electrons. The first kappa shape index (κ1) is 29.2. The van der Waals surface area contributed by atoms with E-state index in [1.165, 1.54) is 0 Å². The molecule has 0 amide bonds. The van der Waals surface area contributed by atoms with Crippen LogP contribution in [-0.4, -0.2) is 47.1 Å². The van der Waals surface area contributed by atoms with Gasteiger partial charge in [0, 0.05) is 28.1 Å². The molecule has 0 saturated carbocycles. The van der Waals surface area contributed by atoms with Gasteiger partial charge in [-0.1, -0.05) is 59.0 Å². The topological polar surface area (TPSA) is 197 Å². The average molecular weight is 621 g/mol. The summed E-state index contributed by atoms with van der Waals surface area (Å²) in [6, 6.07) is 33.4. The van der Waals surface area contributed by atoms with Crippen molar-refractivity contribution in [2.24, 2.45) is 11.5 Å². The quantitative estimate of drug-likeness (QED) is 0.0931. The van der Waals surface area contributed by atoms with Crippen molar-refractivity contribution in [3.8, 4) is 22.6 Å². The predicted octanol–water partition coefficient (Wildman–Crippen LogP) is 4.18. The third-order valence-electron chi connectivity index (χ3n) is 8.42. The Morgan fingerprint density at radius 1 is 0.723 bits per heavy atom. The van der Waals surface area contributed by atoms with Gasteiger partial charge in [0.05, 0.1) is 27.7 Å². The second-order valence-corrected chi connectivity index (χ2v) is 11.1. The molecule has 0 atom stereocenters. The smallest absolute Gasteiger partial charge is 0.220 e. The molecule has 0 aliphatic rings. The van der Waals surface area contributed by atoms with Crippen molar-refractivity contribution in [3.05, 3.63) is 114 Å². The van der Waals surface area contributed by atoms with E-state index in [9.17, 15) is 0 Å². The summed E-state index contributed by atoms with van der Waals surface area (Å²) in [7, 11) is 0. The summed E-state index contributed by atoms with van der Waals surface area (Å²) in [5.41, 5.74) is 20.1. The maximum atomic E-state index is 8.04. The van der Waals surface area contributed by atoms with Crippen LogP contribution in [0.5, 0.6) is 0 Å². The van der Waals surface area contributed by atoms with E-state index in [1.54, 1.807) is 21.5 Å². The summed E-state index contributed by atoms with van der Waals surface area (Å²) in [5, 5.41) is 38.1. The minimum atomic E-state index is -0.0371. The van der Waals surface area contributed by atoms with Crippen molar-refractivity contribution in [1.82, 2.24) is 30.0 Å². The Bertz CT molecular complexity index is 2530. The van der Waals surface area contributed by atoms with Crippen molar-refractivity contribution in [3.63, 3.8) is 0 Å². The number of fused-ring (bicyclic) bond motifs is 1. The van der Waals surface area contributed by atoms with E-state index in [4.69, 9.17) is 37.7 Å². The molecule has 11 aromatic rings. The number of pyridine rings is 1. The van der Waals surface area contributed by atoms with E-state index in [0.717, 1.165) is 38.4 Å². The van der Waals surface area contributed by atoms with Gasteiger partial charge in [0.15, 0.2) is 0 Å². The number of amidine groups is 2. The minimum Gasteiger partial charge on any atom is -0.412 e. The van der Waals surface area contributed by atoms with Gasteiger partial charge in [0.1, 0.15) is 34.8 Å². The summed E-state index contributed by atoms with van der Waals surface area (Å²) in [6.45, 7) is 2.83. The lowest BCUT2D eigenvalue weighted by Gasteiger charge is -2.13. The summed E-state index contributed by atoms with van der Waals surface area (Å²) < 4.78 is 5.80. The maximum absolute atomic E-state index is 8.04. The Kier molecular flexibility index (Phi) is 6.91. The number of aromatic nitrogens is 7. The first-order chi connectivity index (χ1) is 22.4. The number of rotatable bonds is 6. The molecule has 11 rings (SSSR count). The molecule has 0 aliphatic heterocycles. The van der Waals surface area contributed by atoms with Gasteiger partial charge < -0.3 is 16.9 Å². The van der Waals surface area contributed by atoms with Crippen LogP contribution in [0.2, 0.25) is 0 Å². The summed E-state index contributed by atoms with van der Waals surface area (Å²) in [5.74, 6) is -0.0711. The number of nitrogen functional groups attached to an aromatic ring is 2. The number of hydrogen-bond acceptors (Lipinski definition) is 6. The van der Waals surface area contributed by atoms with Crippen LogP contribution in [0.3, 0.4) is 0 Å².